The van der Waals surface area contributed by atoms with Gasteiger partial charge in [0.25, 0.3) is 0 Å². The van der Waals surface area contributed by atoms with Crippen LogP contribution >= 0.6 is 0 Å². The van der Waals surface area contributed by atoms with Crippen LogP contribution in [0.4, 0.5) is 8.78 Å². The average molecular weight is 412 g/mol. The van der Waals surface area contributed by atoms with Crippen molar-refractivity contribution < 1.29 is 8.78 Å². The Morgan fingerprint density at radius 2 is 1.57 bits per heavy atom. The summed E-state index contributed by atoms with van der Waals surface area (Å²) in [5.74, 6) is 2.36. The van der Waals surface area contributed by atoms with E-state index in [9.17, 15) is 8.78 Å². The molecule has 0 unspecified atom stereocenters. The second-order valence-corrected chi connectivity index (χ2v) is 9.34. The Kier molecular flexibility index (Phi) is 9.12. The number of aryl methyl sites for hydroxylation is 1. The number of nitriles is 1. The minimum absolute atomic E-state index is 0.149. The smallest absolute Gasteiger partial charge is 0.199 e. The zero-order valence-electron chi connectivity index (χ0n) is 18.0. The summed E-state index contributed by atoms with van der Waals surface area (Å²) < 4.78 is 25.8. The Balaban J connectivity index is 1.28. The average Bonchev–Trinajstić information content (AvgIpc) is 2.79. The van der Waals surface area contributed by atoms with Crippen LogP contribution in [0.3, 0.4) is 0 Å². The van der Waals surface area contributed by atoms with Gasteiger partial charge in [-0.3, -0.25) is 0 Å². The maximum absolute atomic E-state index is 13.0. The number of hydrogen-bond donors (Lipinski definition) is 0. The van der Waals surface area contributed by atoms with Crippen LogP contribution < -0.4 is 0 Å². The Bertz CT molecular complexity index is 727. The molecule has 1 nitrogen and oxygen atoms in total. The zero-order chi connectivity index (χ0) is 21.2. The summed E-state index contributed by atoms with van der Waals surface area (Å²) in [5.41, 5.74) is 1.25. The van der Waals surface area contributed by atoms with Crippen LogP contribution in [0, 0.1) is 40.8 Å². The van der Waals surface area contributed by atoms with Crippen molar-refractivity contribution in [2.24, 2.45) is 23.7 Å². The highest BCUT2D eigenvalue weighted by molar-refractivity contribution is 5.19. The lowest BCUT2D eigenvalue weighted by Gasteiger charge is -2.37. The molecule has 0 saturated heterocycles. The third-order valence-electron chi connectivity index (χ3n) is 7.35. The lowest BCUT2D eigenvalue weighted by atomic mass is 9.68. The second kappa shape index (κ2) is 12.0. The molecule has 0 amide bonds. The van der Waals surface area contributed by atoms with Crippen LogP contribution in [0.25, 0.3) is 0 Å². The molecule has 0 aromatic heterocycles. The van der Waals surface area contributed by atoms with Gasteiger partial charge in [-0.1, -0.05) is 50.0 Å². The quantitative estimate of drug-likeness (QED) is 0.241. The molecule has 2 saturated carbocycles. The van der Waals surface area contributed by atoms with Gasteiger partial charge in [0.05, 0.1) is 0 Å². The maximum atomic E-state index is 13.0. The molecule has 162 valence electrons. The van der Waals surface area contributed by atoms with Gasteiger partial charge < -0.3 is 0 Å². The normalized spacial score (nSPS) is 27.8. The molecule has 2 aliphatic carbocycles. The first kappa shape index (κ1) is 22.7. The highest BCUT2D eigenvalue weighted by atomic mass is 19.1. The molecule has 0 N–H and O–H groups in total. The fourth-order valence-electron chi connectivity index (χ4n) is 5.50. The molecule has 0 heterocycles. The molecule has 0 aliphatic heterocycles. The van der Waals surface area contributed by atoms with E-state index in [0.717, 1.165) is 24.2 Å². The van der Waals surface area contributed by atoms with Crippen LogP contribution in [0.2, 0.25) is 0 Å². The number of halogens is 2. The fraction of sp³-hybridized carbons (Fsp3) is 0.593. The maximum Gasteiger partial charge on any atom is 0.199 e. The van der Waals surface area contributed by atoms with E-state index in [2.05, 4.69) is 6.08 Å². The summed E-state index contributed by atoms with van der Waals surface area (Å²) in [5, 5.41) is 8.45. The van der Waals surface area contributed by atoms with Gasteiger partial charge in [-0.15, -0.1) is 0 Å². The van der Waals surface area contributed by atoms with Crippen LogP contribution in [0.15, 0.2) is 48.3 Å². The van der Waals surface area contributed by atoms with Crippen molar-refractivity contribution in [1.82, 2.24) is 0 Å². The molecular formula is C27H35F2N. The number of rotatable bonds is 8. The zero-order valence-corrected chi connectivity index (χ0v) is 18.0. The van der Waals surface area contributed by atoms with E-state index in [0.29, 0.717) is 5.92 Å². The van der Waals surface area contributed by atoms with E-state index in [1.807, 2.05) is 12.1 Å². The highest BCUT2D eigenvalue weighted by Gasteiger charge is 2.30. The first-order chi connectivity index (χ1) is 14.6. The molecule has 0 radical (unpaired) electrons. The molecule has 0 bridgehead atoms. The number of hydrogen-bond acceptors (Lipinski definition) is 1. The van der Waals surface area contributed by atoms with Crippen molar-refractivity contribution in [1.29, 1.82) is 5.26 Å². The Morgan fingerprint density at radius 3 is 2.20 bits per heavy atom. The van der Waals surface area contributed by atoms with Crippen LogP contribution in [-0.4, -0.2) is 0 Å². The summed E-state index contributed by atoms with van der Waals surface area (Å²) in [7, 11) is 0. The standard InChI is InChI=1S/C27H35F2N/c28-26-18-12-22(13-19-26)5-2-1-4-21-8-14-24(15-9-21)25-16-10-23(11-17-25)6-3-7-27(29)20-30/h3,6-7,12-13,18-19,21,23-25H,1-2,4-5,8-11,14-17H2/t21-,23-,24-,25-. The predicted octanol–water partition coefficient (Wildman–Crippen LogP) is 8.08. The first-order valence-electron chi connectivity index (χ1n) is 11.8. The Morgan fingerprint density at radius 1 is 0.933 bits per heavy atom. The largest absolute Gasteiger partial charge is 0.207 e. The molecule has 30 heavy (non-hydrogen) atoms. The number of allylic oxidation sites excluding steroid dienone is 4. The summed E-state index contributed by atoms with van der Waals surface area (Å²) in [6.07, 6.45) is 20.5. The van der Waals surface area contributed by atoms with Crippen molar-refractivity contribution >= 4 is 0 Å². The second-order valence-electron chi connectivity index (χ2n) is 9.34. The van der Waals surface area contributed by atoms with E-state index < -0.39 is 5.83 Å². The van der Waals surface area contributed by atoms with Crippen molar-refractivity contribution in [2.45, 2.75) is 77.0 Å². The minimum atomic E-state index is -0.716. The third kappa shape index (κ3) is 7.38. The highest BCUT2D eigenvalue weighted by Crippen LogP contribution is 2.42. The summed E-state index contributed by atoms with van der Waals surface area (Å²) >= 11 is 0. The van der Waals surface area contributed by atoms with E-state index in [1.54, 1.807) is 18.2 Å². The van der Waals surface area contributed by atoms with Gasteiger partial charge in [0.2, 0.25) is 0 Å². The van der Waals surface area contributed by atoms with Gasteiger partial charge in [0.1, 0.15) is 11.9 Å². The molecule has 2 aliphatic rings. The van der Waals surface area contributed by atoms with Crippen molar-refractivity contribution in [3.05, 3.63) is 59.7 Å². The van der Waals surface area contributed by atoms with Gasteiger partial charge >= 0.3 is 0 Å². The molecule has 3 heteroatoms. The molecule has 0 atom stereocenters. The van der Waals surface area contributed by atoms with Crippen molar-refractivity contribution in [3.8, 4) is 6.07 Å². The SMILES string of the molecule is N#CC(F)=CC=C[C@H]1CC[C@H]([C@H]2CC[C@H](CCCCc3ccc(F)cc3)CC2)CC1. The van der Waals surface area contributed by atoms with Crippen LogP contribution in [0.1, 0.15) is 76.2 Å². The van der Waals surface area contributed by atoms with E-state index in [4.69, 9.17) is 5.26 Å². The molecular weight excluding hydrogens is 376 g/mol. The monoisotopic (exact) mass is 411 g/mol. The summed E-state index contributed by atoms with van der Waals surface area (Å²) in [6.45, 7) is 0. The van der Waals surface area contributed by atoms with Gasteiger partial charge in [-0.2, -0.15) is 9.65 Å². The van der Waals surface area contributed by atoms with Crippen LogP contribution in [0.5, 0.6) is 0 Å². The number of benzene rings is 1. The van der Waals surface area contributed by atoms with Gasteiger partial charge in [0, 0.05) is 0 Å². The molecule has 0 spiro atoms. The topological polar surface area (TPSA) is 23.8 Å². The van der Waals surface area contributed by atoms with Crippen molar-refractivity contribution in [2.75, 3.05) is 0 Å². The Labute approximate surface area is 180 Å². The lowest BCUT2D eigenvalue weighted by Crippen LogP contribution is -2.25. The Hall–Kier alpha value is -1.95. The van der Waals surface area contributed by atoms with Gasteiger partial charge in [0.15, 0.2) is 5.83 Å². The fourth-order valence-corrected chi connectivity index (χ4v) is 5.50. The van der Waals surface area contributed by atoms with E-state index >= 15 is 0 Å². The molecule has 1 aromatic rings. The molecule has 1 aromatic carbocycles. The third-order valence-corrected chi connectivity index (χ3v) is 7.35. The van der Waals surface area contributed by atoms with E-state index in [1.165, 1.54) is 88.3 Å². The first-order valence-corrected chi connectivity index (χ1v) is 11.8. The molecule has 2 fully saturated rings. The van der Waals surface area contributed by atoms with Crippen molar-refractivity contribution in [3.63, 3.8) is 0 Å². The lowest BCUT2D eigenvalue weighted by molar-refractivity contribution is 0.151. The predicted molar refractivity (Wildman–Crippen MR) is 119 cm³/mol. The number of unbranched alkanes of at least 4 members (excludes halogenated alkanes) is 1. The summed E-state index contributed by atoms with van der Waals surface area (Å²) in [4.78, 5) is 0. The minimum Gasteiger partial charge on any atom is -0.207 e. The van der Waals surface area contributed by atoms with Gasteiger partial charge in [-0.05, 0) is 98.8 Å². The van der Waals surface area contributed by atoms with E-state index in [-0.39, 0.29) is 5.82 Å². The molecule has 3 rings (SSSR count). The number of nitrogens with zero attached hydrogens (tertiary/aromatic N) is 1. The summed E-state index contributed by atoms with van der Waals surface area (Å²) in [6, 6.07) is 8.45. The van der Waals surface area contributed by atoms with Gasteiger partial charge in [-0.25, -0.2) is 4.39 Å². The van der Waals surface area contributed by atoms with Crippen LogP contribution in [-0.2, 0) is 6.42 Å².